The molecule has 4 rings (SSSR count). The summed E-state index contributed by atoms with van der Waals surface area (Å²) in [5.74, 6) is 1.26. The lowest BCUT2D eigenvalue weighted by Crippen LogP contribution is -2.45. The Morgan fingerprint density at radius 2 is 2.00 bits per heavy atom. The number of nitrogens with zero attached hydrogens (tertiary/aromatic N) is 1. The molecule has 2 aromatic carbocycles. The molecule has 0 unspecified atom stereocenters. The third kappa shape index (κ3) is 5.28. The van der Waals surface area contributed by atoms with E-state index in [1.807, 2.05) is 24.3 Å². The molecule has 0 aromatic heterocycles. The molecular formula is C25H28N2O5. The summed E-state index contributed by atoms with van der Waals surface area (Å²) < 4.78 is 11.2. The number of benzene rings is 2. The van der Waals surface area contributed by atoms with Crippen LogP contribution in [0.15, 0.2) is 42.5 Å². The lowest BCUT2D eigenvalue weighted by atomic mass is 10.0. The van der Waals surface area contributed by atoms with Crippen molar-refractivity contribution in [2.45, 2.75) is 32.6 Å². The first-order valence-corrected chi connectivity index (χ1v) is 11.0. The second kappa shape index (κ2) is 9.42. The highest BCUT2D eigenvalue weighted by Crippen LogP contribution is 2.33. The first kappa shape index (κ1) is 21.9. The summed E-state index contributed by atoms with van der Waals surface area (Å²) in [6, 6.07) is 12.6. The van der Waals surface area contributed by atoms with Gasteiger partial charge in [0.05, 0.1) is 5.69 Å². The van der Waals surface area contributed by atoms with Crippen LogP contribution in [0.4, 0.5) is 5.69 Å². The summed E-state index contributed by atoms with van der Waals surface area (Å²) in [6.07, 6.45) is 2.27. The Kier molecular flexibility index (Phi) is 6.44. The van der Waals surface area contributed by atoms with Crippen LogP contribution in [0.25, 0.3) is 0 Å². The van der Waals surface area contributed by atoms with Gasteiger partial charge in [-0.2, -0.15) is 0 Å². The summed E-state index contributed by atoms with van der Waals surface area (Å²) in [5, 5.41) is 2.87. The molecule has 1 aliphatic heterocycles. The van der Waals surface area contributed by atoms with Crippen LogP contribution in [0.3, 0.4) is 0 Å². The molecule has 1 aliphatic carbocycles. The Hall–Kier alpha value is -3.35. The molecule has 2 aromatic rings. The molecule has 0 atom stereocenters. The van der Waals surface area contributed by atoms with Gasteiger partial charge in [-0.3, -0.25) is 19.3 Å². The van der Waals surface area contributed by atoms with Gasteiger partial charge in [-0.1, -0.05) is 26.0 Å². The SMILES string of the molecule is CC(C)c1cccc(OCC(=O)c2ccc3c(c2)N(CC(=O)NCC2CC2)C(=O)CO3)c1. The van der Waals surface area contributed by atoms with Crippen LogP contribution < -0.4 is 19.7 Å². The first-order valence-electron chi connectivity index (χ1n) is 11.0. The van der Waals surface area contributed by atoms with Crippen LogP contribution in [0.1, 0.15) is 48.5 Å². The zero-order valence-corrected chi connectivity index (χ0v) is 18.4. The number of amides is 2. The fourth-order valence-corrected chi connectivity index (χ4v) is 3.52. The minimum Gasteiger partial charge on any atom is -0.485 e. The molecule has 2 amide bonds. The van der Waals surface area contributed by atoms with Crippen LogP contribution in [-0.2, 0) is 9.59 Å². The molecule has 0 bridgehead atoms. The molecule has 7 nitrogen and oxygen atoms in total. The first-order chi connectivity index (χ1) is 15.4. The van der Waals surface area contributed by atoms with E-state index >= 15 is 0 Å². The number of Topliss-reactive ketones (excluding diaryl/α,β-unsaturated/α-hetero) is 1. The number of fused-ring (bicyclic) bond motifs is 1. The highest BCUT2D eigenvalue weighted by atomic mass is 16.5. The monoisotopic (exact) mass is 436 g/mol. The van der Waals surface area contributed by atoms with Crippen molar-refractivity contribution in [3.05, 3.63) is 53.6 Å². The Morgan fingerprint density at radius 1 is 1.19 bits per heavy atom. The third-order valence-electron chi connectivity index (χ3n) is 5.71. The van der Waals surface area contributed by atoms with Crippen molar-refractivity contribution < 1.29 is 23.9 Å². The zero-order chi connectivity index (χ0) is 22.7. The average Bonchev–Trinajstić information content (AvgIpc) is 3.62. The van der Waals surface area contributed by atoms with Gasteiger partial charge in [0.2, 0.25) is 5.91 Å². The van der Waals surface area contributed by atoms with Crippen LogP contribution >= 0.6 is 0 Å². The van der Waals surface area contributed by atoms with Crippen molar-refractivity contribution in [1.29, 1.82) is 0 Å². The summed E-state index contributed by atoms with van der Waals surface area (Å²) in [4.78, 5) is 38.9. The highest BCUT2D eigenvalue weighted by molar-refractivity contribution is 6.04. The van der Waals surface area contributed by atoms with E-state index in [4.69, 9.17) is 9.47 Å². The predicted octanol–water partition coefficient (Wildman–Crippen LogP) is 3.32. The topological polar surface area (TPSA) is 84.9 Å². The predicted molar refractivity (Wildman–Crippen MR) is 120 cm³/mol. The molecule has 168 valence electrons. The Morgan fingerprint density at radius 3 is 2.75 bits per heavy atom. The summed E-state index contributed by atoms with van der Waals surface area (Å²) in [6.45, 7) is 4.47. The van der Waals surface area contributed by atoms with Gasteiger partial charge in [-0.15, -0.1) is 0 Å². The number of anilines is 1. The number of ketones is 1. The van der Waals surface area contributed by atoms with Crippen LogP contribution in [0.2, 0.25) is 0 Å². The number of ether oxygens (including phenoxy) is 2. The lowest BCUT2D eigenvalue weighted by molar-refractivity contribution is -0.125. The Bertz CT molecular complexity index is 1030. The van der Waals surface area contributed by atoms with E-state index in [1.54, 1.807) is 18.2 Å². The van der Waals surface area contributed by atoms with Gasteiger partial charge in [0.25, 0.3) is 5.91 Å². The fraction of sp³-hybridized carbons (Fsp3) is 0.400. The number of carbonyl (C=O) groups excluding carboxylic acids is 3. The molecule has 32 heavy (non-hydrogen) atoms. The van der Waals surface area contributed by atoms with E-state index in [0.717, 1.165) is 18.4 Å². The summed E-state index contributed by atoms with van der Waals surface area (Å²) in [7, 11) is 0. The van der Waals surface area contributed by atoms with Crippen molar-refractivity contribution in [2.75, 3.05) is 31.2 Å². The number of hydrogen-bond donors (Lipinski definition) is 1. The largest absolute Gasteiger partial charge is 0.485 e. The van der Waals surface area contributed by atoms with Gasteiger partial charge in [0, 0.05) is 12.1 Å². The number of rotatable bonds is 9. The van der Waals surface area contributed by atoms with Crippen molar-refractivity contribution in [3.63, 3.8) is 0 Å². The molecule has 0 radical (unpaired) electrons. The average molecular weight is 437 g/mol. The van der Waals surface area contributed by atoms with Crippen LogP contribution in [-0.4, -0.2) is 43.9 Å². The summed E-state index contributed by atoms with van der Waals surface area (Å²) in [5.41, 5.74) is 1.95. The normalized spacial score (nSPS) is 15.2. The molecule has 0 saturated heterocycles. The van der Waals surface area contributed by atoms with Crippen molar-refractivity contribution >= 4 is 23.3 Å². The smallest absolute Gasteiger partial charge is 0.265 e. The van der Waals surface area contributed by atoms with Gasteiger partial charge in [0.15, 0.2) is 19.0 Å². The maximum absolute atomic E-state index is 12.8. The minimum atomic E-state index is -0.314. The lowest BCUT2D eigenvalue weighted by Gasteiger charge is -2.29. The molecule has 7 heteroatoms. The molecule has 1 saturated carbocycles. The Labute approximate surface area is 187 Å². The van der Waals surface area contributed by atoms with Crippen LogP contribution in [0.5, 0.6) is 11.5 Å². The van der Waals surface area contributed by atoms with Crippen molar-refractivity contribution in [2.24, 2.45) is 5.92 Å². The zero-order valence-electron chi connectivity index (χ0n) is 18.4. The molecule has 0 spiro atoms. The molecule has 1 N–H and O–H groups in total. The van der Waals surface area contributed by atoms with Crippen LogP contribution in [0, 0.1) is 5.92 Å². The van der Waals surface area contributed by atoms with E-state index in [0.29, 0.717) is 41.1 Å². The highest BCUT2D eigenvalue weighted by Gasteiger charge is 2.29. The van der Waals surface area contributed by atoms with E-state index in [9.17, 15) is 14.4 Å². The minimum absolute atomic E-state index is 0.0992. The maximum Gasteiger partial charge on any atom is 0.265 e. The van der Waals surface area contributed by atoms with Crippen molar-refractivity contribution in [1.82, 2.24) is 5.32 Å². The van der Waals surface area contributed by atoms with E-state index < -0.39 is 0 Å². The van der Waals surface area contributed by atoms with E-state index in [2.05, 4.69) is 19.2 Å². The van der Waals surface area contributed by atoms with Gasteiger partial charge in [-0.25, -0.2) is 0 Å². The number of nitrogens with one attached hydrogen (secondary N) is 1. The quantitative estimate of drug-likeness (QED) is 0.610. The van der Waals surface area contributed by atoms with Gasteiger partial charge < -0.3 is 14.8 Å². The standard InChI is InChI=1S/C25H28N2O5/c1-16(2)18-4-3-5-20(10-18)31-14-22(28)19-8-9-23-21(11-19)27(25(30)15-32-23)13-24(29)26-12-17-6-7-17/h3-5,8-11,16-17H,6-7,12-15H2,1-2H3,(H,26,29). The maximum atomic E-state index is 12.8. The molecule has 1 fully saturated rings. The number of carbonyl (C=O) groups is 3. The van der Waals surface area contributed by atoms with Gasteiger partial charge >= 0.3 is 0 Å². The second-order valence-electron chi connectivity index (χ2n) is 8.64. The Balaban J connectivity index is 1.44. The third-order valence-corrected chi connectivity index (χ3v) is 5.71. The van der Waals surface area contributed by atoms with E-state index in [1.165, 1.54) is 4.90 Å². The number of hydrogen-bond acceptors (Lipinski definition) is 5. The summed E-state index contributed by atoms with van der Waals surface area (Å²) >= 11 is 0. The molecule has 2 aliphatic rings. The fourth-order valence-electron chi connectivity index (χ4n) is 3.52. The molecule has 1 heterocycles. The van der Waals surface area contributed by atoms with Gasteiger partial charge in [-0.05, 0) is 60.6 Å². The van der Waals surface area contributed by atoms with Gasteiger partial charge in [0.1, 0.15) is 18.0 Å². The van der Waals surface area contributed by atoms with E-state index in [-0.39, 0.29) is 37.4 Å². The molecular weight excluding hydrogens is 408 g/mol. The van der Waals surface area contributed by atoms with Crippen molar-refractivity contribution in [3.8, 4) is 11.5 Å². The second-order valence-corrected chi connectivity index (χ2v) is 8.64.